The van der Waals surface area contributed by atoms with Crippen molar-refractivity contribution < 1.29 is 24.5 Å². The Kier molecular flexibility index (Phi) is 38.9. The summed E-state index contributed by atoms with van der Waals surface area (Å²) in [7, 11) is 0. The summed E-state index contributed by atoms with van der Waals surface area (Å²) in [5.74, 6) is -0.189. The van der Waals surface area contributed by atoms with Crippen LogP contribution in [0.4, 0.5) is 0 Å². The number of ether oxygens (including phenoxy) is 1. The average molecular weight is 716 g/mol. The van der Waals surface area contributed by atoms with Crippen molar-refractivity contribution >= 4 is 11.9 Å². The van der Waals surface area contributed by atoms with Crippen LogP contribution in [0.25, 0.3) is 0 Å². The molecule has 0 aromatic carbocycles. The molecule has 6 heteroatoms. The van der Waals surface area contributed by atoms with Gasteiger partial charge in [-0.3, -0.25) is 9.59 Å². The standard InChI is InChI=1S/C45H81NO5/c1-3-5-7-9-11-13-14-15-16-17-18-19-23-27-31-35-39-45(50)51-40-36-32-28-24-20-22-26-30-34-38-44(49)46-42(41-47)43(48)37-33-29-25-21-12-10-8-6-4-2/h13-14,16-17,22,26,33,37,42-43,47-48H,3-12,15,18-21,23-25,27-32,34-36,38-41H2,1-2H3,(H,46,49)/b14-13-,17-16-,26-22-,37-33+. The van der Waals surface area contributed by atoms with Crippen molar-refractivity contribution in [3.05, 3.63) is 48.6 Å². The number of allylic oxidation sites excluding steroid dienone is 7. The summed E-state index contributed by atoms with van der Waals surface area (Å²) in [5, 5.41) is 22.8. The van der Waals surface area contributed by atoms with Crippen LogP contribution in [0.5, 0.6) is 0 Å². The summed E-state index contributed by atoms with van der Waals surface area (Å²) < 4.78 is 5.41. The predicted octanol–water partition coefficient (Wildman–Crippen LogP) is 11.9. The van der Waals surface area contributed by atoms with E-state index in [0.29, 0.717) is 19.4 Å². The molecule has 0 aromatic heterocycles. The normalized spacial score (nSPS) is 13.3. The first-order valence-electron chi connectivity index (χ1n) is 21.4. The number of rotatable bonds is 38. The van der Waals surface area contributed by atoms with Crippen LogP contribution in [-0.2, 0) is 14.3 Å². The first kappa shape index (κ1) is 48.8. The van der Waals surface area contributed by atoms with Crippen LogP contribution in [0, 0.1) is 0 Å². The predicted molar refractivity (Wildman–Crippen MR) is 218 cm³/mol. The highest BCUT2D eigenvalue weighted by Gasteiger charge is 2.17. The summed E-state index contributed by atoms with van der Waals surface area (Å²) >= 11 is 0. The van der Waals surface area contributed by atoms with Gasteiger partial charge in [-0.1, -0.05) is 152 Å². The number of nitrogens with one attached hydrogen (secondary N) is 1. The third kappa shape index (κ3) is 37.4. The number of aliphatic hydroxyl groups is 2. The van der Waals surface area contributed by atoms with Crippen LogP contribution in [-0.4, -0.2) is 47.4 Å². The molecule has 0 spiro atoms. The van der Waals surface area contributed by atoms with Crippen LogP contribution < -0.4 is 5.32 Å². The van der Waals surface area contributed by atoms with Crippen molar-refractivity contribution in [2.75, 3.05) is 13.2 Å². The lowest BCUT2D eigenvalue weighted by Crippen LogP contribution is -2.45. The van der Waals surface area contributed by atoms with E-state index < -0.39 is 12.1 Å². The Morgan fingerprint density at radius 1 is 0.549 bits per heavy atom. The second-order valence-corrected chi connectivity index (χ2v) is 14.3. The minimum absolute atomic E-state index is 0.0538. The summed E-state index contributed by atoms with van der Waals surface area (Å²) in [4.78, 5) is 24.3. The molecule has 2 atom stereocenters. The number of esters is 1. The number of hydrogen-bond donors (Lipinski definition) is 3. The zero-order valence-corrected chi connectivity index (χ0v) is 33.3. The van der Waals surface area contributed by atoms with E-state index in [1.165, 1.54) is 89.9 Å². The van der Waals surface area contributed by atoms with Gasteiger partial charge < -0.3 is 20.3 Å². The Morgan fingerprint density at radius 3 is 1.57 bits per heavy atom. The average Bonchev–Trinajstić information content (AvgIpc) is 3.13. The van der Waals surface area contributed by atoms with E-state index in [0.717, 1.165) is 83.5 Å². The number of hydrogen-bond acceptors (Lipinski definition) is 5. The molecule has 296 valence electrons. The minimum atomic E-state index is -0.874. The van der Waals surface area contributed by atoms with Crippen LogP contribution in [0.3, 0.4) is 0 Å². The fraction of sp³-hybridized carbons (Fsp3) is 0.778. The van der Waals surface area contributed by atoms with E-state index in [1.807, 2.05) is 6.08 Å². The van der Waals surface area contributed by atoms with Crippen molar-refractivity contribution in [1.29, 1.82) is 0 Å². The molecular weight excluding hydrogens is 634 g/mol. The highest BCUT2D eigenvalue weighted by Crippen LogP contribution is 2.11. The Morgan fingerprint density at radius 2 is 1.00 bits per heavy atom. The van der Waals surface area contributed by atoms with Gasteiger partial charge in [0.05, 0.1) is 25.4 Å². The lowest BCUT2D eigenvalue weighted by Gasteiger charge is -2.19. The lowest BCUT2D eigenvalue weighted by molar-refractivity contribution is -0.143. The molecule has 2 unspecified atom stereocenters. The third-order valence-corrected chi connectivity index (χ3v) is 9.31. The molecule has 0 heterocycles. The molecule has 0 aliphatic rings. The smallest absolute Gasteiger partial charge is 0.305 e. The number of carbonyl (C=O) groups excluding carboxylic acids is 2. The Hall–Kier alpha value is -2.18. The molecule has 6 nitrogen and oxygen atoms in total. The van der Waals surface area contributed by atoms with Crippen LogP contribution in [0.15, 0.2) is 48.6 Å². The molecule has 51 heavy (non-hydrogen) atoms. The fourth-order valence-corrected chi connectivity index (χ4v) is 5.96. The van der Waals surface area contributed by atoms with Gasteiger partial charge in [-0.2, -0.15) is 0 Å². The lowest BCUT2D eigenvalue weighted by atomic mass is 10.1. The van der Waals surface area contributed by atoms with Crippen molar-refractivity contribution in [3.8, 4) is 0 Å². The highest BCUT2D eigenvalue weighted by atomic mass is 16.5. The zero-order valence-electron chi connectivity index (χ0n) is 33.3. The van der Waals surface area contributed by atoms with Gasteiger partial charge in [0, 0.05) is 12.8 Å². The molecule has 0 saturated heterocycles. The van der Waals surface area contributed by atoms with Gasteiger partial charge in [0.25, 0.3) is 0 Å². The van der Waals surface area contributed by atoms with Gasteiger partial charge in [-0.05, 0) is 83.5 Å². The van der Waals surface area contributed by atoms with E-state index in [-0.39, 0.29) is 18.5 Å². The number of carbonyl (C=O) groups is 2. The monoisotopic (exact) mass is 716 g/mol. The van der Waals surface area contributed by atoms with Gasteiger partial charge in [0.2, 0.25) is 5.91 Å². The molecule has 0 aliphatic carbocycles. The number of aliphatic hydroxyl groups excluding tert-OH is 2. The molecule has 1 amide bonds. The van der Waals surface area contributed by atoms with Gasteiger partial charge in [0.1, 0.15) is 0 Å². The molecule has 0 aliphatic heterocycles. The molecule has 0 fully saturated rings. The van der Waals surface area contributed by atoms with Gasteiger partial charge in [-0.25, -0.2) is 0 Å². The third-order valence-electron chi connectivity index (χ3n) is 9.31. The van der Waals surface area contributed by atoms with E-state index in [4.69, 9.17) is 4.74 Å². The van der Waals surface area contributed by atoms with Crippen molar-refractivity contribution in [1.82, 2.24) is 5.32 Å². The van der Waals surface area contributed by atoms with Crippen molar-refractivity contribution in [2.24, 2.45) is 0 Å². The largest absolute Gasteiger partial charge is 0.466 e. The van der Waals surface area contributed by atoms with Crippen LogP contribution in [0.1, 0.15) is 200 Å². The van der Waals surface area contributed by atoms with Crippen molar-refractivity contribution in [2.45, 2.75) is 212 Å². The first-order chi connectivity index (χ1) is 25.0. The van der Waals surface area contributed by atoms with E-state index >= 15 is 0 Å². The Bertz CT molecular complexity index is 880. The molecule has 0 saturated carbocycles. The molecule has 3 N–H and O–H groups in total. The molecule has 0 radical (unpaired) electrons. The molecule has 0 aromatic rings. The molecular formula is C45H81NO5. The minimum Gasteiger partial charge on any atom is -0.466 e. The number of amides is 1. The summed E-state index contributed by atoms with van der Waals surface area (Å²) in [5.41, 5.74) is 0. The summed E-state index contributed by atoms with van der Waals surface area (Å²) in [6.07, 6.45) is 48.2. The molecule has 0 bridgehead atoms. The van der Waals surface area contributed by atoms with Gasteiger partial charge in [0.15, 0.2) is 0 Å². The van der Waals surface area contributed by atoms with Crippen LogP contribution in [0.2, 0.25) is 0 Å². The highest BCUT2D eigenvalue weighted by molar-refractivity contribution is 5.76. The first-order valence-corrected chi connectivity index (χ1v) is 21.4. The van der Waals surface area contributed by atoms with Crippen molar-refractivity contribution in [3.63, 3.8) is 0 Å². The van der Waals surface area contributed by atoms with Gasteiger partial charge in [-0.15, -0.1) is 0 Å². The zero-order chi connectivity index (χ0) is 37.3. The SMILES string of the molecule is CCCCCC/C=C\C/C=C\CCCCCCCC(=O)OCCCCCC/C=C\CCCC(=O)NC(CO)C(O)/C=C/CCCCCCCCC. The fourth-order valence-electron chi connectivity index (χ4n) is 5.96. The van der Waals surface area contributed by atoms with E-state index in [1.54, 1.807) is 6.08 Å². The summed E-state index contributed by atoms with van der Waals surface area (Å²) in [6, 6.07) is -0.665. The maximum atomic E-state index is 12.3. The Labute approximate surface area is 315 Å². The second kappa shape index (κ2) is 40.6. The topological polar surface area (TPSA) is 95.9 Å². The van der Waals surface area contributed by atoms with Gasteiger partial charge >= 0.3 is 5.97 Å². The maximum absolute atomic E-state index is 12.3. The summed E-state index contributed by atoms with van der Waals surface area (Å²) in [6.45, 7) is 4.73. The quantitative estimate of drug-likeness (QED) is 0.0336. The maximum Gasteiger partial charge on any atom is 0.305 e. The Balaban J connectivity index is 3.60. The molecule has 0 rings (SSSR count). The van der Waals surface area contributed by atoms with Crippen LogP contribution >= 0.6 is 0 Å². The van der Waals surface area contributed by atoms with E-state index in [9.17, 15) is 19.8 Å². The number of unbranched alkanes of at least 4 members (excludes halogenated alkanes) is 21. The second-order valence-electron chi connectivity index (χ2n) is 14.3. The van der Waals surface area contributed by atoms with E-state index in [2.05, 4.69) is 55.6 Å².